The summed E-state index contributed by atoms with van der Waals surface area (Å²) in [6, 6.07) is 12.7. The zero-order valence-electron chi connectivity index (χ0n) is 12.0. The molecule has 2 rings (SSSR count). The van der Waals surface area contributed by atoms with E-state index in [0.717, 1.165) is 24.5 Å². The summed E-state index contributed by atoms with van der Waals surface area (Å²) in [5.41, 5.74) is 1.18. The standard InChI is InChI=1S/C16H21ClN2S/c1-18-16(14-7-3-4-8-15(14)17)9-10-19(2)12-13-6-5-11-20-13/h3-8,11,16,18H,9-10,12H2,1-2H3. The average molecular weight is 309 g/mol. The number of nitrogens with zero attached hydrogens (tertiary/aromatic N) is 1. The fourth-order valence-electron chi connectivity index (χ4n) is 2.31. The van der Waals surface area contributed by atoms with Gasteiger partial charge in [-0.3, -0.25) is 0 Å². The van der Waals surface area contributed by atoms with Crippen molar-refractivity contribution in [3.63, 3.8) is 0 Å². The van der Waals surface area contributed by atoms with E-state index >= 15 is 0 Å². The first-order valence-electron chi connectivity index (χ1n) is 6.83. The molecule has 1 atom stereocenters. The van der Waals surface area contributed by atoms with Crippen molar-refractivity contribution in [2.24, 2.45) is 0 Å². The fraction of sp³-hybridized carbons (Fsp3) is 0.375. The Kier molecular flexibility index (Phi) is 6.05. The van der Waals surface area contributed by atoms with Gasteiger partial charge in [0, 0.05) is 29.0 Å². The largest absolute Gasteiger partial charge is 0.313 e. The van der Waals surface area contributed by atoms with Gasteiger partial charge in [-0.15, -0.1) is 11.3 Å². The molecule has 0 bridgehead atoms. The normalized spacial score (nSPS) is 12.8. The second-order valence-corrected chi connectivity index (χ2v) is 6.41. The number of halogens is 1. The molecule has 1 unspecified atom stereocenters. The SMILES string of the molecule is CNC(CCN(C)Cc1cccs1)c1ccccc1Cl. The van der Waals surface area contributed by atoms with Gasteiger partial charge in [-0.1, -0.05) is 35.9 Å². The average Bonchev–Trinajstić information content (AvgIpc) is 2.94. The quantitative estimate of drug-likeness (QED) is 0.825. The molecule has 0 aliphatic heterocycles. The van der Waals surface area contributed by atoms with Gasteiger partial charge in [-0.2, -0.15) is 0 Å². The third-order valence-corrected chi connectivity index (χ3v) is 4.64. The minimum Gasteiger partial charge on any atom is -0.313 e. The Hall–Kier alpha value is -0.870. The molecule has 2 aromatic rings. The molecule has 1 heterocycles. The summed E-state index contributed by atoms with van der Waals surface area (Å²) in [4.78, 5) is 3.76. The number of rotatable bonds is 7. The molecule has 1 aromatic carbocycles. The number of hydrogen-bond donors (Lipinski definition) is 1. The molecule has 0 fully saturated rings. The smallest absolute Gasteiger partial charge is 0.0453 e. The molecule has 0 aliphatic rings. The molecule has 20 heavy (non-hydrogen) atoms. The van der Waals surface area contributed by atoms with E-state index in [1.165, 1.54) is 10.4 Å². The van der Waals surface area contributed by atoms with Crippen molar-refractivity contribution in [3.8, 4) is 0 Å². The Balaban J connectivity index is 1.89. The maximum Gasteiger partial charge on any atom is 0.0453 e. The second kappa shape index (κ2) is 7.79. The van der Waals surface area contributed by atoms with Crippen LogP contribution in [0.15, 0.2) is 41.8 Å². The number of nitrogens with one attached hydrogen (secondary N) is 1. The molecule has 0 amide bonds. The number of thiophene rings is 1. The van der Waals surface area contributed by atoms with Crippen LogP contribution in [0.25, 0.3) is 0 Å². The Morgan fingerprint density at radius 1 is 1.25 bits per heavy atom. The van der Waals surface area contributed by atoms with Crippen molar-refractivity contribution in [3.05, 3.63) is 57.2 Å². The summed E-state index contributed by atoms with van der Waals surface area (Å²) in [7, 11) is 4.16. The van der Waals surface area contributed by atoms with E-state index in [-0.39, 0.29) is 0 Å². The van der Waals surface area contributed by atoms with Gasteiger partial charge in [0.2, 0.25) is 0 Å². The molecule has 0 spiro atoms. The molecular weight excluding hydrogens is 288 g/mol. The lowest BCUT2D eigenvalue weighted by Gasteiger charge is -2.22. The predicted octanol–water partition coefficient (Wildman–Crippen LogP) is 4.18. The van der Waals surface area contributed by atoms with Crippen LogP contribution in [0, 0.1) is 0 Å². The van der Waals surface area contributed by atoms with Gasteiger partial charge >= 0.3 is 0 Å². The minimum atomic E-state index is 0.300. The van der Waals surface area contributed by atoms with Crippen LogP contribution in [0.5, 0.6) is 0 Å². The van der Waals surface area contributed by atoms with Gasteiger partial charge in [0.15, 0.2) is 0 Å². The first-order chi connectivity index (χ1) is 9.70. The van der Waals surface area contributed by atoms with Crippen LogP contribution in [-0.4, -0.2) is 25.5 Å². The lowest BCUT2D eigenvalue weighted by Crippen LogP contribution is -2.25. The maximum atomic E-state index is 6.28. The fourth-order valence-corrected chi connectivity index (χ4v) is 3.36. The van der Waals surface area contributed by atoms with Crippen molar-refractivity contribution in [1.82, 2.24) is 10.2 Å². The van der Waals surface area contributed by atoms with Crippen LogP contribution >= 0.6 is 22.9 Å². The van der Waals surface area contributed by atoms with E-state index in [1.54, 1.807) is 0 Å². The van der Waals surface area contributed by atoms with Crippen LogP contribution in [0.2, 0.25) is 5.02 Å². The molecule has 2 nitrogen and oxygen atoms in total. The predicted molar refractivity (Wildman–Crippen MR) is 88.5 cm³/mol. The molecule has 0 aliphatic carbocycles. The lowest BCUT2D eigenvalue weighted by atomic mass is 10.0. The molecule has 1 N–H and O–H groups in total. The van der Waals surface area contributed by atoms with Gasteiger partial charge in [0.25, 0.3) is 0 Å². The maximum absolute atomic E-state index is 6.28. The Labute approximate surface area is 130 Å². The minimum absolute atomic E-state index is 0.300. The number of hydrogen-bond acceptors (Lipinski definition) is 3. The first-order valence-corrected chi connectivity index (χ1v) is 8.09. The number of benzene rings is 1. The van der Waals surface area contributed by atoms with Crippen molar-refractivity contribution < 1.29 is 0 Å². The highest BCUT2D eigenvalue weighted by molar-refractivity contribution is 7.09. The van der Waals surface area contributed by atoms with Crippen molar-refractivity contribution in [2.75, 3.05) is 20.6 Å². The summed E-state index contributed by atoms with van der Waals surface area (Å²) in [5.74, 6) is 0. The molecule has 0 saturated carbocycles. The second-order valence-electron chi connectivity index (χ2n) is 4.97. The zero-order valence-corrected chi connectivity index (χ0v) is 13.5. The Bertz CT molecular complexity index is 513. The Morgan fingerprint density at radius 3 is 2.70 bits per heavy atom. The van der Waals surface area contributed by atoms with Crippen LogP contribution in [0.1, 0.15) is 22.9 Å². The van der Waals surface area contributed by atoms with E-state index in [2.05, 4.69) is 40.8 Å². The van der Waals surface area contributed by atoms with Gasteiger partial charge < -0.3 is 10.2 Å². The summed E-state index contributed by atoms with van der Waals surface area (Å²) in [6.07, 6.45) is 1.04. The van der Waals surface area contributed by atoms with Crippen molar-refractivity contribution in [2.45, 2.75) is 19.0 Å². The lowest BCUT2D eigenvalue weighted by molar-refractivity contribution is 0.306. The van der Waals surface area contributed by atoms with Gasteiger partial charge in [-0.05, 0) is 43.6 Å². The molecule has 1 aromatic heterocycles. The highest BCUT2D eigenvalue weighted by Crippen LogP contribution is 2.25. The molecule has 0 saturated heterocycles. The van der Waals surface area contributed by atoms with Crippen LogP contribution in [-0.2, 0) is 6.54 Å². The van der Waals surface area contributed by atoms with Crippen LogP contribution < -0.4 is 5.32 Å². The van der Waals surface area contributed by atoms with Gasteiger partial charge in [0.05, 0.1) is 0 Å². The van der Waals surface area contributed by atoms with E-state index < -0.39 is 0 Å². The molecule has 108 valence electrons. The van der Waals surface area contributed by atoms with E-state index in [4.69, 9.17) is 11.6 Å². The summed E-state index contributed by atoms with van der Waals surface area (Å²) in [5, 5.41) is 6.33. The monoisotopic (exact) mass is 308 g/mol. The summed E-state index contributed by atoms with van der Waals surface area (Å²) >= 11 is 8.09. The van der Waals surface area contributed by atoms with E-state index in [9.17, 15) is 0 Å². The molecule has 4 heteroatoms. The van der Waals surface area contributed by atoms with Gasteiger partial charge in [0.1, 0.15) is 0 Å². The highest BCUT2D eigenvalue weighted by atomic mass is 35.5. The molecule has 0 radical (unpaired) electrons. The topological polar surface area (TPSA) is 15.3 Å². The Morgan fingerprint density at radius 2 is 2.05 bits per heavy atom. The summed E-state index contributed by atoms with van der Waals surface area (Å²) in [6.45, 7) is 2.05. The zero-order chi connectivity index (χ0) is 14.4. The highest BCUT2D eigenvalue weighted by Gasteiger charge is 2.13. The van der Waals surface area contributed by atoms with E-state index in [0.29, 0.717) is 6.04 Å². The summed E-state index contributed by atoms with van der Waals surface area (Å²) < 4.78 is 0. The van der Waals surface area contributed by atoms with Crippen LogP contribution in [0.3, 0.4) is 0 Å². The van der Waals surface area contributed by atoms with Crippen molar-refractivity contribution >= 4 is 22.9 Å². The molecular formula is C16H21ClN2S. The third-order valence-electron chi connectivity index (χ3n) is 3.43. The van der Waals surface area contributed by atoms with Crippen LogP contribution in [0.4, 0.5) is 0 Å². The van der Waals surface area contributed by atoms with E-state index in [1.807, 2.05) is 36.6 Å². The van der Waals surface area contributed by atoms with Gasteiger partial charge in [-0.25, -0.2) is 0 Å². The first kappa shape index (κ1) is 15.5. The van der Waals surface area contributed by atoms with Crippen molar-refractivity contribution in [1.29, 1.82) is 0 Å². The third kappa shape index (κ3) is 4.32.